The van der Waals surface area contributed by atoms with Crippen LogP contribution in [0.4, 0.5) is 5.82 Å². The first-order chi connectivity index (χ1) is 10.3. The molecule has 21 heavy (non-hydrogen) atoms. The molecule has 1 aromatic heterocycles. The highest BCUT2D eigenvalue weighted by Crippen LogP contribution is 2.30. The van der Waals surface area contributed by atoms with Crippen LogP contribution in [0, 0.1) is 0 Å². The number of aromatic nitrogens is 1. The summed E-state index contributed by atoms with van der Waals surface area (Å²) in [6, 6.07) is 19.6. The van der Waals surface area contributed by atoms with Crippen molar-refractivity contribution in [3.05, 3.63) is 71.8 Å². The number of rotatable bonds is 1. The molecule has 0 N–H and O–H groups in total. The molecule has 102 valence electrons. The van der Waals surface area contributed by atoms with E-state index in [1.54, 1.807) is 4.90 Å². The van der Waals surface area contributed by atoms with Crippen molar-refractivity contribution >= 4 is 22.6 Å². The molecule has 0 saturated carbocycles. The van der Waals surface area contributed by atoms with Gasteiger partial charge in [0.1, 0.15) is 5.82 Å². The number of benzene rings is 2. The highest BCUT2D eigenvalue weighted by molar-refractivity contribution is 6.07. The molecule has 2 heterocycles. The van der Waals surface area contributed by atoms with E-state index in [2.05, 4.69) is 17.1 Å². The summed E-state index contributed by atoms with van der Waals surface area (Å²) >= 11 is 0. The molecule has 1 aliphatic heterocycles. The molecule has 0 atom stereocenters. The van der Waals surface area contributed by atoms with Crippen molar-refractivity contribution in [2.45, 2.75) is 6.42 Å². The molecule has 1 aliphatic rings. The number of anilines is 1. The Bertz CT molecular complexity index is 827. The summed E-state index contributed by atoms with van der Waals surface area (Å²) in [7, 11) is 0. The fourth-order valence-corrected chi connectivity index (χ4v) is 2.84. The molecule has 0 saturated heterocycles. The van der Waals surface area contributed by atoms with Crippen molar-refractivity contribution in [3.63, 3.8) is 0 Å². The molecular weight excluding hydrogens is 260 g/mol. The Labute approximate surface area is 122 Å². The SMILES string of the molecule is O=C(c1ccccc1)N1CCc2cc3ccccc3nc21. The van der Waals surface area contributed by atoms with Crippen molar-refractivity contribution in [3.8, 4) is 0 Å². The lowest BCUT2D eigenvalue weighted by Crippen LogP contribution is -2.29. The van der Waals surface area contributed by atoms with Crippen LogP contribution in [0.15, 0.2) is 60.7 Å². The number of amides is 1. The van der Waals surface area contributed by atoms with Crippen molar-refractivity contribution in [1.82, 2.24) is 4.98 Å². The van der Waals surface area contributed by atoms with Crippen molar-refractivity contribution < 1.29 is 4.79 Å². The quantitative estimate of drug-likeness (QED) is 0.681. The molecule has 1 amide bonds. The third kappa shape index (κ3) is 1.98. The Morgan fingerprint density at radius 1 is 1.00 bits per heavy atom. The summed E-state index contributed by atoms with van der Waals surface area (Å²) < 4.78 is 0. The number of carbonyl (C=O) groups is 1. The van der Waals surface area contributed by atoms with Crippen LogP contribution in [0.25, 0.3) is 10.9 Å². The van der Waals surface area contributed by atoms with Crippen LogP contribution in [0.1, 0.15) is 15.9 Å². The minimum absolute atomic E-state index is 0.0251. The molecule has 0 radical (unpaired) electrons. The Morgan fingerprint density at radius 2 is 1.76 bits per heavy atom. The second-order valence-corrected chi connectivity index (χ2v) is 5.24. The zero-order valence-corrected chi connectivity index (χ0v) is 11.5. The molecule has 0 unspecified atom stereocenters. The van der Waals surface area contributed by atoms with Gasteiger partial charge in [-0.25, -0.2) is 4.98 Å². The van der Waals surface area contributed by atoms with Gasteiger partial charge in [-0.3, -0.25) is 9.69 Å². The Morgan fingerprint density at radius 3 is 2.62 bits per heavy atom. The molecule has 0 aliphatic carbocycles. The van der Waals surface area contributed by atoms with Crippen LogP contribution >= 0.6 is 0 Å². The van der Waals surface area contributed by atoms with Crippen LogP contribution < -0.4 is 4.90 Å². The lowest BCUT2D eigenvalue weighted by atomic mass is 10.1. The van der Waals surface area contributed by atoms with Gasteiger partial charge in [0.05, 0.1) is 5.52 Å². The molecule has 0 spiro atoms. The van der Waals surface area contributed by atoms with E-state index in [1.807, 2.05) is 48.5 Å². The smallest absolute Gasteiger partial charge is 0.259 e. The predicted molar refractivity (Wildman–Crippen MR) is 83.6 cm³/mol. The van der Waals surface area contributed by atoms with E-state index in [0.717, 1.165) is 28.7 Å². The average molecular weight is 274 g/mol. The third-order valence-electron chi connectivity index (χ3n) is 3.91. The Balaban J connectivity index is 1.79. The molecular formula is C18H14N2O. The predicted octanol–water partition coefficient (Wildman–Crippen LogP) is 3.44. The lowest BCUT2D eigenvalue weighted by Gasteiger charge is -2.16. The number of hydrogen-bond donors (Lipinski definition) is 0. The maximum Gasteiger partial charge on any atom is 0.259 e. The van der Waals surface area contributed by atoms with Crippen LogP contribution in [0.3, 0.4) is 0 Å². The van der Waals surface area contributed by atoms with Gasteiger partial charge in [0.25, 0.3) is 5.91 Å². The average Bonchev–Trinajstić information content (AvgIpc) is 2.95. The van der Waals surface area contributed by atoms with Gasteiger partial charge in [-0.1, -0.05) is 36.4 Å². The van der Waals surface area contributed by atoms with E-state index in [-0.39, 0.29) is 5.91 Å². The monoisotopic (exact) mass is 274 g/mol. The van der Waals surface area contributed by atoms with E-state index in [9.17, 15) is 4.79 Å². The topological polar surface area (TPSA) is 33.2 Å². The van der Waals surface area contributed by atoms with Gasteiger partial charge in [0.15, 0.2) is 0 Å². The van der Waals surface area contributed by atoms with Crippen LogP contribution in [-0.2, 0) is 6.42 Å². The van der Waals surface area contributed by atoms with E-state index in [4.69, 9.17) is 0 Å². The Hall–Kier alpha value is -2.68. The molecule has 0 bridgehead atoms. The molecule has 3 heteroatoms. The number of fused-ring (bicyclic) bond motifs is 2. The molecule has 3 aromatic rings. The van der Waals surface area contributed by atoms with Gasteiger partial charge < -0.3 is 0 Å². The molecule has 2 aromatic carbocycles. The summed E-state index contributed by atoms with van der Waals surface area (Å²) in [5.74, 6) is 0.833. The van der Waals surface area contributed by atoms with Crippen LogP contribution in [-0.4, -0.2) is 17.4 Å². The minimum Gasteiger partial charge on any atom is -0.292 e. The number of nitrogens with zero attached hydrogens (tertiary/aromatic N) is 2. The fourth-order valence-electron chi connectivity index (χ4n) is 2.84. The number of pyridine rings is 1. The summed E-state index contributed by atoms with van der Waals surface area (Å²) in [5.41, 5.74) is 2.79. The van der Waals surface area contributed by atoms with Gasteiger partial charge in [-0.15, -0.1) is 0 Å². The summed E-state index contributed by atoms with van der Waals surface area (Å²) in [4.78, 5) is 19.1. The van der Waals surface area contributed by atoms with Crippen LogP contribution in [0.5, 0.6) is 0 Å². The van der Waals surface area contributed by atoms with Crippen molar-refractivity contribution in [2.24, 2.45) is 0 Å². The summed E-state index contributed by atoms with van der Waals surface area (Å²) in [6.07, 6.45) is 0.867. The maximum atomic E-state index is 12.6. The van der Waals surface area contributed by atoms with E-state index >= 15 is 0 Å². The summed E-state index contributed by atoms with van der Waals surface area (Å²) in [6.45, 7) is 0.701. The van der Waals surface area contributed by atoms with E-state index in [0.29, 0.717) is 12.1 Å². The van der Waals surface area contributed by atoms with Gasteiger partial charge in [0.2, 0.25) is 0 Å². The Kier molecular flexibility index (Phi) is 2.71. The molecule has 3 nitrogen and oxygen atoms in total. The highest BCUT2D eigenvalue weighted by atomic mass is 16.2. The standard InChI is InChI=1S/C18H14N2O/c21-18(13-6-2-1-3-7-13)20-11-10-15-12-14-8-4-5-9-16(14)19-17(15)20/h1-9,12H,10-11H2. The first-order valence-electron chi connectivity index (χ1n) is 7.08. The second kappa shape index (κ2) is 4.70. The molecule has 4 rings (SSSR count). The largest absolute Gasteiger partial charge is 0.292 e. The van der Waals surface area contributed by atoms with Crippen molar-refractivity contribution in [1.29, 1.82) is 0 Å². The first kappa shape index (κ1) is 12.1. The van der Waals surface area contributed by atoms with E-state index in [1.165, 1.54) is 0 Å². The zero-order chi connectivity index (χ0) is 14.2. The number of carbonyl (C=O) groups excluding carboxylic acids is 1. The number of para-hydroxylation sites is 1. The lowest BCUT2D eigenvalue weighted by molar-refractivity contribution is 0.0989. The zero-order valence-electron chi connectivity index (χ0n) is 11.5. The van der Waals surface area contributed by atoms with Gasteiger partial charge in [0, 0.05) is 17.5 Å². The van der Waals surface area contributed by atoms with E-state index < -0.39 is 0 Å². The van der Waals surface area contributed by atoms with Gasteiger partial charge >= 0.3 is 0 Å². The normalized spacial score (nSPS) is 13.4. The number of hydrogen-bond acceptors (Lipinski definition) is 2. The molecule has 0 fully saturated rings. The fraction of sp³-hybridized carbons (Fsp3) is 0.111. The maximum absolute atomic E-state index is 12.6. The summed E-state index contributed by atoms with van der Waals surface area (Å²) in [5, 5.41) is 1.13. The minimum atomic E-state index is 0.0251. The van der Waals surface area contributed by atoms with Gasteiger partial charge in [-0.2, -0.15) is 0 Å². The second-order valence-electron chi connectivity index (χ2n) is 5.24. The van der Waals surface area contributed by atoms with Crippen molar-refractivity contribution in [2.75, 3.05) is 11.4 Å². The highest BCUT2D eigenvalue weighted by Gasteiger charge is 2.27. The third-order valence-corrected chi connectivity index (χ3v) is 3.91. The first-order valence-corrected chi connectivity index (χ1v) is 7.08. The van der Waals surface area contributed by atoms with Crippen LogP contribution in [0.2, 0.25) is 0 Å². The van der Waals surface area contributed by atoms with Gasteiger partial charge in [-0.05, 0) is 36.2 Å².